The highest BCUT2D eigenvalue weighted by molar-refractivity contribution is 5.83. The van der Waals surface area contributed by atoms with E-state index < -0.39 is 24.3 Å². The van der Waals surface area contributed by atoms with Gasteiger partial charge >= 0.3 is 5.97 Å². The summed E-state index contributed by atoms with van der Waals surface area (Å²) >= 11 is 0. The number of carboxylic acids is 1. The first-order valence-electron chi connectivity index (χ1n) is 14.7. The predicted molar refractivity (Wildman–Crippen MR) is 142 cm³/mol. The van der Waals surface area contributed by atoms with Crippen molar-refractivity contribution in [3.8, 4) is 0 Å². The van der Waals surface area contributed by atoms with Crippen LogP contribution in [-0.2, 0) is 28.5 Å². The Hall–Kier alpha value is -1.54. The van der Waals surface area contributed by atoms with Crippen LogP contribution in [0.25, 0.3) is 0 Å². The Morgan fingerprint density at radius 2 is 1.65 bits per heavy atom. The van der Waals surface area contributed by atoms with Crippen LogP contribution in [-0.4, -0.2) is 48.4 Å². The third-order valence-corrected chi connectivity index (χ3v) is 7.70. The van der Waals surface area contributed by atoms with Crippen molar-refractivity contribution >= 4 is 11.8 Å². The molecule has 0 aromatic rings. The zero-order valence-corrected chi connectivity index (χ0v) is 22.7. The molecule has 4 atom stereocenters. The second-order valence-corrected chi connectivity index (χ2v) is 10.7. The zero-order valence-electron chi connectivity index (χ0n) is 22.7. The molecule has 37 heavy (non-hydrogen) atoms. The normalized spacial score (nSPS) is 28.7. The molecule has 1 saturated carbocycles. The Bertz CT molecular complexity index is 714. The topological polar surface area (TPSA) is 91.3 Å². The lowest BCUT2D eigenvalue weighted by Crippen LogP contribution is -2.51. The molecule has 1 N–H and O–H groups in total. The summed E-state index contributed by atoms with van der Waals surface area (Å²) in [6.07, 6.45) is 21.3. The molecule has 3 aliphatic rings. The van der Waals surface area contributed by atoms with Crippen molar-refractivity contribution in [3.05, 3.63) is 24.3 Å². The highest BCUT2D eigenvalue weighted by Gasteiger charge is 2.46. The Morgan fingerprint density at radius 3 is 2.24 bits per heavy atom. The number of allylic oxidation sites excluding steroid dienone is 4. The zero-order chi connectivity index (χ0) is 26.3. The fraction of sp³-hybridized carbons (Fsp3) is 0.800. The average molecular weight is 521 g/mol. The number of aliphatic carboxylic acids is 1. The number of ketones is 1. The van der Waals surface area contributed by atoms with Crippen LogP contribution in [0.1, 0.15) is 110 Å². The lowest BCUT2D eigenvalue weighted by Gasteiger charge is -2.37. The molecule has 210 valence electrons. The van der Waals surface area contributed by atoms with Crippen LogP contribution in [0.5, 0.6) is 0 Å². The van der Waals surface area contributed by atoms with Crippen LogP contribution in [0.15, 0.2) is 24.3 Å². The summed E-state index contributed by atoms with van der Waals surface area (Å²) in [4.78, 5) is 25.0. The summed E-state index contributed by atoms with van der Waals surface area (Å²) in [5, 5.41) is 10.2. The Labute approximate surface area is 222 Å². The van der Waals surface area contributed by atoms with E-state index in [-0.39, 0.29) is 12.3 Å². The monoisotopic (exact) mass is 520 g/mol. The standard InChI is InChI=1S/C30H48O7/c1-2-3-4-5-6-8-15-24-19-20-26(31)25(24)16-9-7-12-21-30(29(32)33,36-27-17-10-13-22-34-27)37-28-18-11-14-23-35-28/h7-9,15,24-25,27-28H,2-6,10-14,16-23H2,1H3,(H,32,33)/b9-7-,15-8+/t24-,25+,27?,28?,30?/m0/s1. The maximum absolute atomic E-state index is 12.5. The highest BCUT2D eigenvalue weighted by atomic mass is 16.8. The van der Waals surface area contributed by atoms with Gasteiger partial charge in [0, 0.05) is 32.0 Å². The number of hydrogen-bond acceptors (Lipinski definition) is 6. The summed E-state index contributed by atoms with van der Waals surface area (Å²) in [5.41, 5.74) is 0. The number of carboxylic acid groups (broad SMARTS) is 1. The van der Waals surface area contributed by atoms with E-state index in [1.54, 1.807) is 0 Å². The molecular weight excluding hydrogens is 472 g/mol. The summed E-state index contributed by atoms with van der Waals surface area (Å²) in [6, 6.07) is 0. The van der Waals surface area contributed by atoms with Crippen molar-refractivity contribution in [2.24, 2.45) is 11.8 Å². The fourth-order valence-corrected chi connectivity index (χ4v) is 5.45. The molecule has 0 aromatic carbocycles. The first-order valence-corrected chi connectivity index (χ1v) is 14.7. The summed E-state index contributed by atoms with van der Waals surface area (Å²) in [5.74, 6) is -2.31. The van der Waals surface area contributed by atoms with Crippen LogP contribution in [0.2, 0.25) is 0 Å². The van der Waals surface area contributed by atoms with Gasteiger partial charge in [-0.1, -0.05) is 50.5 Å². The van der Waals surface area contributed by atoms with E-state index in [0.717, 1.165) is 38.5 Å². The van der Waals surface area contributed by atoms with Crippen molar-refractivity contribution in [1.29, 1.82) is 0 Å². The van der Waals surface area contributed by atoms with E-state index >= 15 is 0 Å². The fourth-order valence-electron chi connectivity index (χ4n) is 5.45. The van der Waals surface area contributed by atoms with Gasteiger partial charge in [0.1, 0.15) is 5.78 Å². The molecule has 0 radical (unpaired) electrons. The first-order chi connectivity index (χ1) is 18.0. The molecule has 0 spiro atoms. The first kappa shape index (κ1) is 30.0. The van der Waals surface area contributed by atoms with Gasteiger partial charge in [-0.05, 0) is 76.5 Å². The van der Waals surface area contributed by atoms with E-state index in [2.05, 4.69) is 19.1 Å². The second-order valence-electron chi connectivity index (χ2n) is 10.7. The molecule has 3 fully saturated rings. The van der Waals surface area contributed by atoms with Crippen molar-refractivity contribution in [3.63, 3.8) is 0 Å². The summed E-state index contributed by atoms with van der Waals surface area (Å²) < 4.78 is 23.4. The molecule has 2 aliphatic heterocycles. The largest absolute Gasteiger partial charge is 0.477 e. The molecular formula is C30H48O7. The van der Waals surface area contributed by atoms with Crippen molar-refractivity contribution in [2.75, 3.05) is 13.2 Å². The van der Waals surface area contributed by atoms with E-state index in [0.29, 0.717) is 57.0 Å². The molecule has 7 nitrogen and oxygen atoms in total. The molecule has 2 heterocycles. The quantitative estimate of drug-likeness (QED) is 0.137. The van der Waals surface area contributed by atoms with Crippen LogP contribution in [0.4, 0.5) is 0 Å². The van der Waals surface area contributed by atoms with Crippen molar-refractivity contribution < 1.29 is 33.6 Å². The minimum absolute atomic E-state index is 0.0196. The van der Waals surface area contributed by atoms with Gasteiger partial charge in [0.15, 0.2) is 12.6 Å². The van der Waals surface area contributed by atoms with Gasteiger partial charge < -0.3 is 24.1 Å². The SMILES string of the molecule is CCCCCC/C=C/[C@H]1CCC(=O)[C@@H]1C/C=C\CCC(OC1CCCCO1)(OC1CCCCO1)C(=O)O. The number of Topliss-reactive ketones (excluding diaryl/α,β-unsaturated/α-hetero) is 1. The van der Waals surface area contributed by atoms with Gasteiger partial charge in [-0.2, -0.15) is 0 Å². The molecule has 0 bridgehead atoms. The molecule has 2 unspecified atom stereocenters. The molecule has 7 heteroatoms. The van der Waals surface area contributed by atoms with Gasteiger partial charge in [-0.25, -0.2) is 4.79 Å². The van der Waals surface area contributed by atoms with Crippen molar-refractivity contribution in [1.82, 2.24) is 0 Å². The molecule has 1 aliphatic carbocycles. The third-order valence-electron chi connectivity index (χ3n) is 7.70. The molecule has 0 aromatic heterocycles. The Kier molecular flexibility index (Phi) is 13.3. The third kappa shape index (κ3) is 9.93. The highest BCUT2D eigenvalue weighted by Crippen LogP contribution is 2.34. The van der Waals surface area contributed by atoms with E-state index in [1.165, 1.54) is 25.7 Å². The lowest BCUT2D eigenvalue weighted by molar-refractivity contribution is -0.352. The maximum Gasteiger partial charge on any atom is 0.364 e. The number of carbonyl (C=O) groups excluding carboxylic acids is 1. The van der Waals surface area contributed by atoms with E-state index in [4.69, 9.17) is 18.9 Å². The van der Waals surface area contributed by atoms with Crippen LogP contribution < -0.4 is 0 Å². The minimum Gasteiger partial charge on any atom is -0.477 e. The average Bonchev–Trinajstić information content (AvgIpc) is 3.25. The summed E-state index contributed by atoms with van der Waals surface area (Å²) in [7, 11) is 0. The number of rotatable bonds is 16. The van der Waals surface area contributed by atoms with Gasteiger partial charge in [0.05, 0.1) is 0 Å². The van der Waals surface area contributed by atoms with Gasteiger partial charge in [0.2, 0.25) is 0 Å². The maximum atomic E-state index is 12.5. The van der Waals surface area contributed by atoms with E-state index in [9.17, 15) is 14.7 Å². The van der Waals surface area contributed by atoms with Gasteiger partial charge in [-0.3, -0.25) is 4.79 Å². The van der Waals surface area contributed by atoms with Crippen molar-refractivity contribution in [2.45, 2.75) is 128 Å². The van der Waals surface area contributed by atoms with Gasteiger partial charge in [0.25, 0.3) is 5.79 Å². The second kappa shape index (κ2) is 16.4. The Balaban J connectivity index is 1.54. The Morgan fingerprint density at radius 1 is 0.946 bits per heavy atom. The molecule has 2 saturated heterocycles. The summed E-state index contributed by atoms with van der Waals surface area (Å²) in [6.45, 7) is 3.34. The molecule has 3 rings (SSSR count). The number of carbonyl (C=O) groups is 2. The van der Waals surface area contributed by atoms with E-state index in [1.807, 2.05) is 12.2 Å². The molecule has 0 amide bonds. The lowest BCUT2D eigenvalue weighted by atomic mass is 9.91. The number of unbranched alkanes of at least 4 members (excludes halogenated alkanes) is 4. The van der Waals surface area contributed by atoms with Crippen LogP contribution in [0, 0.1) is 11.8 Å². The van der Waals surface area contributed by atoms with Crippen LogP contribution >= 0.6 is 0 Å². The number of ether oxygens (including phenoxy) is 4. The van der Waals surface area contributed by atoms with Crippen LogP contribution in [0.3, 0.4) is 0 Å². The minimum atomic E-state index is -1.82. The number of hydrogen-bond donors (Lipinski definition) is 1. The smallest absolute Gasteiger partial charge is 0.364 e. The predicted octanol–water partition coefficient (Wildman–Crippen LogP) is 6.70. The van der Waals surface area contributed by atoms with Gasteiger partial charge in [-0.15, -0.1) is 0 Å².